The molecule has 2 fully saturated rings. The molecule has 0 spiro atoms. The maximum absolute atomic E-state index is 12.2. The lowest BCUT2D eigenvalue weighted by atomic mass is 10.2. The topological polar surface area (TPSA) is 79.0 Å². The minimum absolute atomic E-state index is 0.0646. The number of anilines is 2. The number of amides is 3. The van der Waals surface area contributed by atoms with Crippen molar-refractivity contribution in [3.05, 3.63) is 18.2 Å². The molecule has 2 aliphatic heterocycles. The number of imide groups is 1. The Morgan fingerprint density at radius 2 is 2.04 bits per heavy atom. The molecule has 2 aliphatic rings. The van der Waals surface area contributed by atoms with E-state index in [-0.39, 0.29) is 24.1 Å². The molecule has 0 bridgehead atoms. The van der Waals surface area contributed by atoms with E-state index in [1.807, 2.05) is 0 Å². The van der Waals surface area contributed by atoms with Crippen LogP contribution in [0.15, 0.2) is 18.2 Å². The Kier molecular flexibility index (Phi) is 4.42. The van der Waals surface area contributed by atoms with Crippen LogP contribution in [-0.4, -0.2) is 48.9 Å². The molecule has 0 aromatic heterocycles. The molecule has 2 saturated heterocycles. The van der Waals surface area contributed by atoms with E-state index in [1.54, 1.807) is 37.1 Å². The zero-order chi connectivity index (χ0) is 17.3. The number of hydrogen-bond acceptors (Lipinski definition) is 5. The number of likely N-dealkylation sites (tertiary alicyclic amines) is 1. The smallest absolute Gasteiger partial charge is 0.252 e. The fourth-order valence-corrected chi connectivity index (χ4v) is 3.22. The predicted molar refractivity (Wildman–Crippen MR) is 89.0 cm³/mol. The monoisotopic (exact) mass is 331 g/mol. The van der Waals surface area contributed by atoms with Crippen LogP contribution in [0.4, 0.5) is 11.4 Å². The van der Waals surface area contributed by atoms with Crippen LogP contribution in [0.25, 0.3) is 0 Å². The van der Waals surface area contributed by atoms with E-state index in [0.29, 0.717) is 36.6 Å². The Hall–Kier alpha value is -2.57. The van der Waals surface area contributed by atoms with Crippen molar-refractivity contribution >= 4 is 29.1 Å². The van der Waals surface area contributed by atoms with E-state index in [2.05, 4.69) is 5.32 Å². The maximum atomic E-state index is 12.2. The third kappa shape index (κ3) is 2.81. The van der Waals surface area contributed by atoms with Gasteiger partial charge in [-0.3, -0.25) is 19.3 Å². The number of methoxy groups -OCH3 is 1. The molecule has 7 nitrogen and oxygen atoms in total. The molecule has 0 aliphatic carbocycles. The van der Waals surface area contributed by atoms with Gasteiger partial charge >= 0.3 is 0 Å². The SMILES string of the molecule is CCN1C(=O)C[C@H](Nc2ccc(OC)c(N3CCCC3=O)c2)C1=O. The summed E-state index contributed by atoms with van der Waals surface area (Å²) in [7, 11) is 1.56. The normalized spacial score (nSPS) is 20.9. The number of carbonyl (C=O) groups excluding carboxylic acids is 3. The number of nitrogens with zero attached hydrogens (tertiary/aromatic N) is 2. The van der Waals surface area contributed by atoms with Crippen LogP contribution < -0.4 is 15.0 Å². The van der Waals surface area contributed by atoms with Gasteiger partial charge in [-0.25, -0.2) is 0 Å². The van der Waals surface area contributed by atoms with Gasteiger partial charge in [0.15, 0.2) is 0 Å². The van der Waals surface area contributed by atoms with Crippen molar-refractivity contribution in [2.24, 2.45) is 0 Å². The first-order valence-electron chi connectivity index (χ1n) is 8.14. The van der Waals surface area contributed by atoms with Gasteiger partial charge < -0.3 is 15.0 Å². The lowest BCUT2D eigenvalue weighted by molar-refractivity contribution is -0.138. The van der Waals surface area contributed by atoms with Crippen molar-refractivity contribution in [2.45, 2.75) is 32.2 Å². The summed E-state index contributed by atoms with van der Waals surface area (Å²) in [4.78, 5) is 39.0. The summed E-state index contributed by atoms with van der Waals surface area (Å²) in [5.41, 5.74) is 1.38. The average Bonchev–Trinajstić information content (AvgIpc) is 3.11. The summed E-state index contributed by atoms with van der Waals surface area (Å²) in [5.74, 6) is 0.301. The van der Waals surface area contributed by atoms with Crippen molar-refractivity contribution < 1.29 is 19.1 Å². The summed E-state index contributed by atoms with van der Waals surface area (Å²) < 4.78 is 5.35. The van der Waals surface area contributed by atoms with Gasteiger partial charge in [-0.15, -0.1) is 0 Å². The van der Waals surface area contributed by atoms with E-state index < -0.39 is 6.04 Å². The molecule has 1 aromatic rings. The van der Waals surface area contributed by atoms with Gasteiger partial charge in [0.25, 0.3) is 5.91 Å². The van der Waals surface area contributed by atoms with Crippen LogP contribution in [0.3, 0.4) is 0 Å². The molecule has 1 atom stereocenters. The van der Waals surface area contributed by atoms with E-state index in [0.717, 1.165) is 6.42 Å². The Labute approximate surface area is 140 Å². The predicted octanol–water partition coefficient (Wildman–Crippen LogP) is 1.38. The second-order valence-electron chi connectivity index (χ2n) is 5.91. The van der Waals surface area contributed by atoms with E-state index >= 15 is 0 Å². The first kappa shape index (κ1) is 16.3. The number of carbonyl (C=O) groups is 3. The Morgan fingerprint density at radius 3 is 2.62 bits per heavy atom. The van der Waals surface area contributed by atoms with Crippen LogP contribution >= 0.6 is 0 Å². The van der Waals surface area contributed by atoms with Gasteiger partial charge in [0, 0.05) is 25.2 Å². The molecule has 7 heteroatoms. The van der Waals surface area contributed by atoms with E-state index in [9.17, 15) is 14.4 Å². The van der Waals surface area contributed by atoms with Crippen molar-refractivity contribution in [3.63, 3.8) is 0 Å². The summed E-state index contributed by atoms with van der Waals surface area (Å²) >= 11 is 0. The van der Waals surface area contributed by atoms with Crippen molar-refractivity contribution in [1.29, 1.82) is 0 Å². The summed E-state index contributed by atoms with van der Waals surface area (Å²) in [5, 5.41) is 3.11. The van der Waals surface area contributed by atoms with Crippen LogP contribution in [0.5, 0.6) is 5.75 Å². The summed E-state index contributed by atoms with van der Waals surface area (Å²) in [6.07, 6.45) is 1.50. The standard InChI is InChI=1S/C17H21N3O4/c1-3-19-16(22)10-12(17(19)23)18-11-6-7-14(24-2)13(9-11)20-8-4-5-15(20)21/h6-7,9,12,18H,3-5,8,10H2,1-2H3/t12-/m0/s1. The zero-order valence-electron chi connectivity index (χ0n) is 13.9. The molecule has 0 saturated carbocycles. The number of nitrogens with one attached hydrogen (secondary N) is 1. The Bertz CT molecular complexity index is 688. The minimum Gasteiger partial charge on any atom is -0.495 e. The van der Waals surface area contributed by atoms with E-state index in [4.69, 9.17) is 4.74 Å². The highest BCUT2D eigenvalue weighted by Gasteiger charge is 2.37. The number of benzene rings is 1. The quantitative estimate of drug-likeness (QED) is 0.825. The van der Waals surface area contributed by atoms with Crippen molar-refractivity contribution in [3.8, 4) is 5.75 Å². The number of hydrogen-bond donors (Lipinski definition) is 1. The third-order valence-corrected chi connectivity index (χ3v) is 4.44. The summed E-state index contributed by atoms with van der Waals surface area (Å²) in [6, 6.07) is 4.79. The highest BCUT2D eigenvalue weighted by molar-refractivity contribution is 6.07. The molecule has 2 heterocycles. The Balaban J connectivity index is 1.83. The number of rotatable bonds is 5. The first-order valence-corrected chi connectivity index (χ1v) is 8.14. The van der Waals surface area contributed by atoms with Crippen molar-refractivity contribution in [2.75, 3.05) is 30.4 Å². The molecule has 1 aromatic carbocycles. The molecule has 0 unspecified atom stereocenters. The molecular weight excluding hydrogens is 310 g/mol. The van der Waals surface area contributed by atoms with Gasteiger partial charge in [-0.2, -0.15) is 0 Å². The van der Waals surface area contributed by atoms with Gasteiger partial charge in [0.2, 0.25) is 11.8 Å². The molecule has 0 radical (unpaired) electrons. The lowest BCUT2D eigenvalue weighted by Crippen LogP contribution is -2.34. The van der Waals surface area contributed by atoms with Crippen molar-refractivity contribution in [1.82, 2.24) is 4.90 Å². The fraction of sp³-hybridized carbons (Fsp3) is 0.471. The van der Waals surface area contributed by atoms with Crippen LogP contribution in [-0.2, 0) is 14.4 Å². The molecule has 3 amide bonds. The third-order valence-electron chi connectivity index (χ3n) is 4.44. The van der Waals surface area contributed by atoms with Gasteiger partial charge in [-0.1, -0.05) is 0 Å². The minimum atomic E-state index is -0.562. The lowest BCUT2D eigenvalue weighted by Gasteiger charge is -2.21. The number of likely N-dealkylation sites (N-methyl/N-ethyl adjacent to an activating group) is 1. The highest BCUT2D eigenvalue weighted by atomic mass is 16.5. The van der Waals surface area contributed by atoms with Crippen LogP contribution in [0.2, 0.25) is 0 Å². The van der Waals surface area contributed by atoms with Crippen LogP contribution in [0, 0.1) is 0 Å². The first-order chi connectivity index (χ1) is 11.5. The maximum Gasteiger partial charge on any atom is 0.252 e. The Morgan fingerprint density at radius 1 is 1.25 bits per heavy atom. The zero-order valence-corrected chi connectivity index (χ0v) is 13.9. The van der Waals surface area contributed by atoms with Crippen LogP contribution in [0.1, 0.15) is 26.2 Å². The van der Waals surface area contributed by atoms with Gasteiger partial charge in [-0.05, 0) is 31.5 Å². The van der Waals surface area contributed by atoms with Gasteiger partial charge in [0.05, 0.1) is 19.2 Å². The largest absolute Gasteiger partial charge is 0.495 e. The second-order valence-corrected chi connectivity index (χ2v) is 5.91. The number of ether oxygens (including phenoxy) is 1. The van der Waals surface area contributed by atoms with E-state index in [1.165, 1.54) is 4.90 Å². The molecular formula is C17H21N3O4. The fourth-order valence-electron chi connectivity index (χ4n) is 3.22. The van der Waals surface area contributed by atoms with Gasteiger partial charge in [0.1, 0.15) is 11.8 Å². The second kappa shape index (κ2) is 6.51. The highest BCUT2D eigenvalue weighted by Crippen LogP contribution is 2.34. The molecule has 1 N–H and O–H groups in total. The molecule has 3 rings (SSSR count). The molecule has 128 valence electrons. The average molecular weight is 331 g/mol. The summed E-state index contributed by atoms with van der Waals surface area (Å²) in [6.45, 7) is 2.82. The molecule has 24 heavy (non-hydrogen) atoms.